The molecule has 19 heavy (non-hydrogen) atoms. The Morgan fingerprint density at radius 1 is 1.26 bits per heavy atom. The molecule has 0 bridgehead atoms. The lowest BCUT2D eigenvalue weighted by atomic mass is 10.0. The molecule has 0 aliphatic heterocycles. The monoisotopic (exact) mass is 315 g/mol. The molecule has 2 rings (SSSR count). The fraction of sp³-hybridized carbons (Fsp3) is 0.286. The van der Waals surface area contributed by atoms with Crippen molar-refractivity contribution in [3.05, 3.63) is 50.1 Å². The van der Waals surface area contributed by atoms with Crippen molar-refractivity contribution >= 4 is 34.5 Å². The quantitative estimate of drug-likeness (QED) is 0.858. The van der Waals surface area contributed by atoms with Crippen LogP contribution in [0.2, 0.25) is 10.0 Å². The minimum absolute atomic E-state index is 0.0646. The molecule has 0 saturated carbocycles. The second kappa shape index (κ2) is 6.62. The summed E-state index contributed by atoms with van der Waals surface area (Å²) in [5.41, 5.74) is 1.08. The van der Waals surface area contributed by atoms with Crippen LogP contribution in [0.4, 0.5) is 0 Å². The van der Waals surface area contributed by atoms with E-state index in [1.54, 1.807) is 18.4 Å². The van der Waals surface area contributed by atoms with E-state index < -0.39 is 0 Å². The van der Waals surface area contributed by atoms with E-state index in [0.717, 1.165) is 22.7 Å². The molecule has 1 aromatic heterocycles. The summed E-state index contributed by atoms with van der Waals surface area (Å²) in [7, 11) is 1.68. The topological polar surface area (TPSA) is 21.3 Å². The smallest absolute Gasteiger partial charge is 0.134 e. The second-order valence-electron chi connectivity index (χ2n) is 4.02. The zero-order valence-electron chi connectivity index (χ0n) is 10.7. The summed E-state index contributed by atoms with van der Waals surface area (Å²) in [6.07, 6.45) is 0. The van der Waals surface area contributed by atoms with Gasteiger partial charge in [0.25, 0.3) is 0 Å². The Kier molecular flexibility index (Phi) is 5.11. The molecule has 0 amide bonds. The molecule has 0 saturated heterocycles. The SMILES string of the molecule is CCNC(c1ccc(Cl)c(Cl)c1)c1sccc1OC. The Bertz CT molecular complexity index is 556. The highest BCUT2D eigenvalue weighted by atomic mass is 35.5. The average Bonchev–Trinajstić information content (AvgIpc) is 2.87. The summed E-state index contributed by atoms with van der Waals surface area (Å²) in [5, 5.41) is 6.61. The summed E-state index contributed by atoms with van der Waals surface area (Å²) in [5.74, 6) is 0.891. The van der Waals surface area contributed by atoms with Gasteiger partial charge < -0.3 is 10.1 Å². The van der Waals surface area contributed by atoms with Gasteiger partial charge in [-0.15, -0.1) is 11.3 Å². The lowest BCUT2D eigenvalue weighted by molar-refractivity contribution is 0.408. The lowest BCUT2D eigenvalue weighted by Gasteiger charge is -2.19. The molecule has 0 radical (unpaired) electrons. The first-order valence-corrected chi connectivity index (χ1v) is 7.60. The molecule has 2 nitrogen and oxygen atoms in total. The first kappa shape index (κ1) is 14.7. The van der Waals surface area contributed by atoms with Gasteiger partial charge >= 0.3 is 0 Å². The van der Waals surface area contributed by atoms with E-state index in [9.17, 15) is 0 Å². The van der Waals surface area contributed by atoms with Crippen molar-refractivity contribution in [2.75, 3.05) is 13.7 Å². The fourth-order valence-electron chi connectivity index (χ4n) is 1.95. The van der Waals surface area contributed by atoms with Gasteiger partial charge in [0, 0.05) is 0 Å². The van der Waals surface area contributed by atoms with Crippen molar-refractivity contribution in [3.63, 3.8) is 0 Å². The van der Waals surface area contributed by atoms with Crippen molar-refractivity contribution in [3.8, 4) is 5.75 Å². The Morgan fingerprint density at radius 2 is 2.05 bits per heavy atom. The number of hydrogen-bond donors (Lipinski definition) is 1. The van der Waals surface area contributed by atoms with Gasteiger partial charge in [0.15, 0.2) is 0 Å². The van der Waals surface area contributed by atoms with Gasteiger partial charge in [0.05, 0.1) is 28.1 Å². The second-order valence-corrected chi connectivity index (χ2v) is 5.78. The molecule has 5 heteroatoms. The van der Waals surface area contributed by atoms with Crippen LogP contribution in [0.25, 0.3) is 0 Å². The zero-order chi connectivity index (χ0) is 13.8. The summed E-state index contributed by atoms with van der Waals surface area (Å²) >= 11 is 13.7. The highest BCUT2D eigenvalue weighted by molar-refractivity contribution is 7.10. The molecule has 102 valence electrons. The van der Waals surface area contributed by atoms with Crippen molar-refractivity contribution in [1.29, 1.82) is 0 Å². The standard InChI is InChI=1S/C14H15Cl2NOS/c1-3-17-13(14-12(18-2)6-7-19-14)9-4-5-10(15)11(16)8-9/h4-8,13,17H,3H2,1-2H3. The Labute approximate surface area is 127 Å². The third-order valence-corrected chi connectivity index (χ3v) is 4.53. The van der Waals surface area contributed by atoms with Crippen LogP contribution in [0.1, 0.15) is 23.4 Å². The number of halogens is 2. The van der Waals surface area contributed by atoms with Gasteiger partial charge in [0.1, 0.15) is 5.75 Å². The predicted octanol–water partition coefficient (Wildman–Crippen LogP) is 4.76. The van der Waals surface area contributed by atoms with E-state index >= 15 is 0 Å². The van der Waals surface area contributed by atoms with Crippen LogP contribution in [0.15, 0.2) is 29.6 Å². The number of methoxy groups -OCH3 is 1. The van der Waals surface area contributed by atoms with Crippen LogP contribution in [0, 0.1) is 0 Å². The molecule has 1 heterocycles. The van der Waals surface area contributed by atoms with E-state index in [-0.39, 0.29) is 6.04 Å². The van der Waals surface area contributed by atoms with Crippen molar-refractivity contribution in [1.82, 2.24) is 5.32 Å². The van der Waals surface area contributed by atoms with Gasteiger partial charge in [-0.1, -0.05) is 36.2 Å². The molecule has 0 aliphatic carbocycles. The summed E-state index contributed by atoms with van der Waals surface area (Å²) in [4.78, 5) is 1.14. The van der Waals surface area contributed by atoms with Crippen molar-refractivity contribution in [2.45, 2.75) is 13.0 Å². The summed E-state index contributed by atoms with van der Waals surface area (Å²) in [6.45, 7) is 2.93. The molecule has 1 aromatic carbocycles. The first-order chi connectivity index (χ1) is 9.17. The fourth-order valence-corrected chi connectivity index (χ4v) is 3.21. The number of benzene rings is 1. The molecular weight excluding hydrogens is 301 g/mol. The first-order valence-electron chi connectivity index (χ1n) is 5.97. The van der Waals surface area contributed by atoms with Crippen LogP contribution >= 0.6 is 34.5 Å². The van der Waals surface area contributed by atoms with Gasteiger partial charge in [-0.05, 0) is 35.7 Å². The van der Waals surface area contributed by atoms with Crippen molar-refractivity contribution in [2.24, 2.45) is 0 Å². The van der Waals surface area contributed by atoms with Crippen molar-refractivity contribution < 1.29 is 4.74 Å². The highest BCUT2D eigenvalue weighted by Gasteiger charge is 2.19. The maximum atomic E-state index is 6.11. The highest BCUT2D eigenvalue weighted by Crippen LogP contribution is 2.36. The van der Waals surface area contributed by atoms with Gasteiger partial charge in [-0.25, -0.2) is 0 Å². The van der Waals surface area contributed by atoms with E-state index in [2.05, 4.69) is 12.2 Å². The number of nitrogens with one attached hydrogen (secondary N) is 1. The summed E-state index contributed by atoms with van der Waals surface area (Å²) < 4.78 is 5.40. The molecule has 1 N–H and O–H groups in total. The third kappa shape index (κ3) is 3.23. The molecule has 0 fully saturated rings. The molecule has 0 spiro atoms. The molecule has 2 aromatic rings. The summed E-state index contributed by atoms with van der Waals surface area (Å²) in [6, 6.07) is 7.75. The third-order valence-electron chi connectivity index (χ3n) is 2.82. The predicted molar refractivity (Wildman–Crippen MR) is 82.9 cm³/mol. The maximum absolute atomic E-state index is 6.11. The number of ether oxygens (including phenoxy) is 1. The number of hydrogen-bond acceptors (Lipinski definition) is 3. The molecule has 0 aliphatic rings. The van der Waals surface area contributed by atoms with E-state index in [4.69, 9.17) is 27.9 Å². The Balaban J connectivity index is 2.42. The molecule has 1 unspecified atom stereocenters. The van der Waals surface area contributed by atoms with E-state index in [1.165, 1.54) is 0 Å². The minimum Gasteiger partial charge on any atom is -0.496 e. The zero-order valence-corrected chi connectivity index (χ0v) is 13.1. The molecule has 1 atom stereocenters. The minimum atomic E-state index is 0.0646. The number of rotatable bonds is 5. The van der Waals surface area contributed by atoms with E-state index in [1.807, 2.05) is 29.6 Å². The largest absolute Gasteiger partial charge is 0.496 e. The van der Waals surface area contributed by atoms with Crippen LogP contribution < -0.4 is 10.1 Å². The van der Waals surface area contributed by atoms with E-state index in [0.29, 0.717) is 10.0 Å². The van der Waals surface area contributed by atoms with Crippen LogP contribution in [0.3, 0.4) is 0 Å². The van der Waals surface area contributed by atoms with Crippen LogP contribution in [0.5, 0.6) is 5.75 Å². The van der Waals surface area contributed by atoms with Gasteiger partial charge in [-0.2, -0.15) is 0 Å². The molecular formula is C14H15Cl2NOS. The maximum Gasteiger partial charge on any atom is 0.134 e. The van der Waals surface area contributed by atoms with Crippen LogP contribution in [-0.4, -0.2) is 13.7 Å². The van der Waals surface area contributed by atoms with Crippen LogP contribution in [-0.2, 0) is 0 Å². The Morgan fingerprint density at radius 3 is 2.68 bits per heavy atom. The van der Waals surface area contributed by atoms with Gasteiger partial charge in [-0.3, -0.25) is 0 Å². The van der Waals surface area contributed by atoms with Gasteiger partial charge in [0.2, 0.25) is 0 Å². The number of thiophene rings is 1. The Hall–Kier alpha value is -0.740. The average molecular weight is 316 g/mol. The lowest BCUT2D eigenvalue weighted by Crippen LogP contribution is -2.21. The normalized spacial score (nSPS) is 12.4.